The van der Waals surface area contributed by atoms with Crippen LogP contribution in [0.4, 0.5) is 0 Å². The summed E-state index contributed by atoms with van der Waals surface area (Å²) in [6.07, 6.45) is 0. The molecule has 0 bridgehead atoms. The molecule has 0 aromatic heterocycles. The van der Waals surface area contributed by atoms with E-state index < -0.39 is 0 Å². The molecule has 0 atom stereocenters. The Morgan fingerprint density at radius 2 is 1.78 bits per heavy atom. The molecule has 0 aliphatic carbocycles. The summed E-state index contributed by atoms with van der Waals surface area (Å²) in [5, 5.41) is 0. The van der Waals surface area contributed by atoms with Gasteiger partial charge in [-0.15, -0.1) is 0 Å². The van der Waals surface area contributed by atoms with Gasteiger partial charge in [-0.2, -0.15) is 0 Å². The van der Waals surface area contributed by atoms with Crippen LogP contribution in [0.1, 0.15) is 0 Å². The molecule has 0 N–H and O–H groups in total. The Bertz CT molecular complexity index is 83.0. The van der Waals surface area contributed by atoms with Crippen molar-refractivity contribution in [1.82, 2.24) is 9.21 Å². The fourth-order valence-electron chi connectivity index (χ4n) is 0.857. The zero-order chi connectivity index (χ0) is 6.69. The molecule has 0 amide bonds. The topological polar surface area (TPSA) is 6.48 Å². The second kappa shape index (κ2) is 4.00. The minimum absolute atomic E-state index is 1.21. The van der Waals surface area contributed by atoms with E-state index in [1.165, 1.54) is 26.2 Å². The Labute approximate surface area is 72.7 Å². The third kappa shape index (κ3) is 2.61. The van der Waals surface area contributed by atoms with Crippen molar-refractivity contribution in [3.63, 3.8) is 0 Å². The van der Waals surface area contributed by atoms with Crippen molar-refractivity contribution in [2.24, 2.45) is 0 Å². The zero-order valence-electron chi connectivity index (χ0n) is 5.51. The van der Waals surface area contributed by atoms with Gasteiger partial charge in [-0.05, 0) is 16.2 Å². The third-order valence-corrected chi connectivity index (χ3v) is 3.79. The first-order valence-corrected chi connectivity index (χ1v) is 6.37. The summed E-state index contributed by atoms with van der Waals surface area (Å²) >= 11 is 2.34. The van der Waals surface area contributed by atoms with Crippen molar-refractivity contribution in [3.05, 3.63) is 0 Å². The fourth-order valence-corrected chi connectivity index (χ4v) is 2.34. The second-order valence-electron chi connectivity index (χ2n) is 2.30. The highest BCUT2D eigenvalue weighted by Crippen LogP contribution is 2.19. The molecule has 1 fully saturated rings. The predicted octanol–water partition coefficient (Wildman–Crippen LogP) is 1.23. The number of rotatable bonds is 1. The molecule has 9 heavy (non-hydrogen) atoms. The van der Waals surface area contributed by atoms with E-state index in [2.05, 4.69) is 37.5 Å². The fraction of sp³-hybridized carbons (Fsp3) is 1.00. The van der Waals surface area contributed by atoms with Gasteiger partial charge in [-0.25, -0.2) is 4.31 Å². The molecule has 54 valence electrons. The first-order valence-electron chi connectivity index (χ1n) is 3.05. The van der Waals surface area contributed by atoms with E-state index in [4.69, 9.17) is 0 Å². The van der Waals surface area contributed by atoms with Crippen LogP contribution in [-0.2, 0) is 0 Å². The zero-order valence-corrected chi connectivity index (χ0v) is 8.48. The summed E-state index contributed by atoms with van der Waals surface area (Å²) in [5.41, 5.74) is 0. The summed E-state index contributed by atoms with van der Waals surface area (Å²) in [4.78, 5) is 2.36. The smallest absolute Gasteiger partial charge is 0.0225 e. The van der Waals surface area contributed by atoms with Gasteiger partial charge in [-0.3, -0.25) is 0 Å². The summed E-state index contributed by atoms with van der Waals surface area (Å²) < 4.78 is 2.39. The molecule has 1 aliphatic heterocycles. The summed E-state index contributed by atoms with van der Waals surface area (Å²) in [7, 11) is 4.00. The van der Waals surface area contributed by atoms with E-state index in [1.807, 2.05) is 9.12 Å². The Balaban J connectivity index is 2.18. The molecule has 4 heteroatoms. The van der Waals surface area contributed by atoms with Gasteiger partial charge in [0.2, 0.25) is 0 Å². The Morgan fingerprint density at radius 3 is 2.22 bits per heavy atom. The predicted molar refractivity (Wildman–Crippen MR) is 50.7 cm³/mol. The molecule has 1 saturated heterocycles. The normalized spacial score (nSPS) is 24.7. The highest BCUT2D eigenvalue weighted by molar-refractivity contribution is 14.2. The van der Waals surface area contributed by atoms with E-state index in [9.17, 15) is 0 Å². The van der Waals surface area contributed by atoms with Crippen molar-refractivity contribution in [2.75, 3.05) is 33.2 Å². The van der Waals surface area contributed by atoms with Crippen LogP contribution >= 0.6 is 30.3 Å². The van der Waals surface area contributed by atoms with Crippen LogP contribution in [0.3, 0.4) is 0 Å². The quantitative estimate of drug-likeness (QED) is 0.516. The van der Waals surface area contributed by atoms with Gasteiger partial charge in [0.05, 0.1) is 0 Å². The van der Waals surface area contributed by atoms with Gasteiger partial charge in [0.25, 0.3) is 0 Å². The van der Waals surface area contributed by atoms with Crippen LogP contribution in [0.2, 0.25) is 0 Å². The van der Waals surface area contributed by atoms with E-state index in [-0.39, 0.29) is 0 Å². The van der Waals surface area contributed by atoms with Crippen molar-refractivity contribution in [1.29, 1.82) is 0 Å². The number of hydrogen-bond acceptors (Lipinski definition) is 3. The van der Waals surface area contributed by atoms with E-state index in [0.29, 0.717) is 0 Å². The average molecular weight is 258 g/mol. The van der Waals surface area contributed by atoms with Crippen LogP contribution in [0.25, 0.3) is 0 Å². The lowest BCUT2D eigenvalue weighted by Gasteiger charge is -2.29. The first kappa shape index (κ1) is 8.10. The Hall–Kier alpha value is 1.00. The van der Waals surface area contributed by atoms with Gasteiger partial charge in [0.15, 0.2) is 0 Å². The molecule has 1 aliphatic rings. The molecule has 0 aromatic carbocycles. The maximum atomic E-state index is 2.39. The van der Waals surface area contributed by atoms with Crippen LogP contribution < -0.4 is 0 Å². The molecule has 0 spiro atoms. The van der Waals surface area contributed by atoms with E-state index in [0.717, 1.165) is 0 Å². The molecule has 0 aromatic rings. The maximum Gasteiger partial charge on any atom is 0.0225 e. The van der Waals surface area contributed by atoms with Crippen molar-refractivity contribution < 1.29 is 0 Å². The number of likely N-dealkylation sites (N-methyl/N-ethyl adjacent to an activating group) is 1. The minimum atomic E-state index is 1.21. The van der Waals surface area contributed by atoms with Crippen LogP contribution in [-0.4, -0.2) is 42.4 Å². The van der Waals surface area contributed by atoms with Crippen LogP contribution in [0.15, 0.2) is 0 Å². The molecule has 0 unspecified atom stereocenters. The summed E-state index contributed by atoms with van der Waals surface area (Å²) in [5.74, 6) is 0. The van der Waals surface area contributed by atoms with Crippen LogP contribution in [0.5, 0.6) is 0 Å². The Morgan fingerprint density at radius 1 is 1.22 bits per heavy atom. The van der Waals surface area contributed by atoms with Crippen molar-refractivity contribution in [2.45, 2.75) is 0 Å². The third-order valence-electron chi connectivity index (χ3n) is 1.56. The molecule has 1 heterocycles. The lowest BCUT2D eigenvalue weighted by Crippen LogP contribution is -2.40. The van der Waals surface area contributed by atoms with Gasteiger partial charge in [-0.1, -0.05) is 0 Å². The van der Waals surface area contributed by atoms with Gasteiger partial charge >= 0.3 is 0 Å². The van der Waals surface area contributed by atoms with Crippen molar-refractivity contribution in [3.8, 4) is 0 Å². The second-order valence-corrected chi connectivity index (χ2v) is 4.14. The highest BCUT2D eigenvalue weighted by Gasteiger charge is 2.11. The standard InChI is InChI=1S/C5H11IN2S/c1-7-2-4-8(9-6)5-3-7/h2-5H2,1H3. The van der Waals surface area contributed by atoms with E-state index in [1.54, 1.807) is 0 Å². The molecule has 1 rings (SSSR count). The number of hydrogen-bond donors (Lipinski definition) is 0. The van der Waals surface area contributed by atoms with Crippen molar-refractivity contribution >= 4 is 30.3 Å². The first-order chi connectivity index (χ1) is 4.33. The van der Waals surface area contributed by atoms with E-state index >= 15 is 0 Å². The lowest BCUT2D eigenvalue weighted by atomic mass is 10.4. The molecular formula is C5H11IN2S. The van der Waals surface area contributed by atoms with Gasteiger partial charge in [0, 0.05) is 47.4 Å². The Kier molecular flexibility index (Phi) is 3.60. The lowest BCUT2D eigenvalue weighted by molar-refractivity contribution is 0.235. The minimum Gasteiger partial charge on any atom is -0.304 e. The summed E-state index contributed by atoms with van der Waals surface area (Å²) in [6, 6.07) is 0. The average Bonchev–Trinajstić information content (AvgIpc) is 1.90. The summed E-state index contributed by atoms with van der Waals surface area (Å²) in [6.45, 7) is 4.86. The number of piperazine rings is 1. The largest absolute Gasteiger partial charge is 0.304 e. The van der Waals surface area contributed by atoms with Crippen LogP contribution in [0, 0.1) is 0 Å². The molecule has 2 nitrogen and oxygen atoms in total. The monoisotopic (exact) mass is 258 g/mol. The number of halogens is 1. The maximum absolute atomic E-state index is 2.39. The molecular weight excluding hydrogens is 247 g/mol. The van der Waals surface area contributed by atoms with Gasteiger partial charge in [0.1, 0.15) is 0 Å². The number of nitrogens with zero attached hydrogens (tertiary/aromatic N) is 2. The molecule has 0 saturated carbocycles. The van der Waals surface area contributed by atoms with Gasteiger partial charge < -0.3 is 4.90 Å². The SMILES string of the molecule is CN1CCN(SI)CC1. The highest BCUT2D eigenvalue weighted by atomic mass is 127. The molecule has 0 radical (unpaired) electrons.